The van der Waals surface area contributed by atoms with Gasteiger partial charge in [-0.1, -0.05) is 6.92 Å². The minimum Gasteiger partial charge on any atom is -0.346 e. The second-order valence-electron chi connectivity index (χ2n) is 8.12. The number of amides is 1. The van der Waals surface area contributed by atoms with Crippen molar-refractivity contribution in [2.24, 2.45) is 13.0 Å². The summed E-state index contributed by atoms with van der Waals surface area (Å²) in [7, 11) is 3.77. The van der Waals surface area contributed by atoms with Gasteiger partial charge < -0.3 is 14.8 Å². The topological polar surface area (TPSA) is 87.1 Å². The number of imidazole rings is 1. The first-order chi connectivity index (χ1) is 13.3. The van der Waals surface area contributed by atoms with Crippen molar-refractivity contribution >= 4 is 5.91 Å². The quantitative estimate of drug-likeness (QED) is 0.849. The smallest absolute Gasteiger partial charge is 0.258 e. The van der Waals surface area contributed by atoms with Crippen LogP contribution in [0.4, 0.5) is 0 Å². The zero-order chi connectivity index (χ0) is 20.2. The number of carbonyl (C=O) groups is 1. The predicted molar refractivity (Wildman–Crippen MR) is 105 cm³/mol. The highest BCUT2D eigenvalue weighted by atomic mass is 16.2. The van der Waals surface area contributed by atoms with E-state index in [9.17, 15) is 9.59 Å². The van der Waals surface area contributed by atoms with Crippen LogP contribution in [0.5, 0.6) is 0 Å². The van der Waals surface area contributed by atoms with Gasteiger partial charge in [0.25, 0.3) is 5.56 Å². The lowest BCUT2D eigenvalue weighted by atomic mass is 9.90. The first kappa shape index (κ1) is 18.9. The molecule has 0 saturated carbocycles. The maximum Gasteiger partial charge on any atom is 0.258 e. The first-order valence-corrected chi connectivity index (χ1v) is 9.88. The Hall–Kier alpha value is -2.48. The molecule has 0 aromatic carbocycles. The van der Waals surface area contributed by atoms with Gasteiger partial charge in [-0.3, -0.25) is 14.2 Å². The Bertz CT molecular complexity index is 991. The van der Waals surface area contributed by atoms with Crippen LogP contribution in [0.2, 0.25) is 0 Å². The van der Waals surface area contributed by atoms with Crippen LogP contribution < -0.4 is 5.56 Å². The molecule has 4 heterocycles. The van der Waals surface area contributed by atoms with E-state index in [4.69, 9.17) is 4.98 Å². The summed E-state index contributed by atoms with van der Waals surface area (Å²) in [6.45, 7) is 8.20. The maximum atomic E-state index is 13.4. The number of nitrogens with one attached hydrogen (secondary N) is 1. The maximum absolute atomic E-state index is 13.4. The molecule has 0 aliphatic carbocycles. The van der Waals surface area contributed by atoms with Crippen molar-refractivity contribution in [3.8, 4) is 0 Å². The molecule has 150 valence electrons. The molecule has 0 bridgehead atoms. The number of carbonyl (C=O) groups excluding carboxylic acids is 1. The summed E-state index contributed by atoms with van der Waals surface area (Å²) in [5, 5.41) is 0. The van der Waals surface area contributed by atoms with Crippen LogP contribution in [0.25, 0.3) is 0 Å². The van der Waals surface area contributed by atoms with Gasteiger partial charge in [0.15, 0.2) is 0 Å². The molecule has 0 unspecified atom stereocenters. The van der Waals surface area contributed by atoms with Gasteiger partial charge in [-0.05, 0) is 20.9 Å². The highest BCUT2D eigenvalue weighted by molar-refractivity contribution is 5.81. The van der Waals surface area contributed by atoms with Crippen molar-refractivity contribution < 1.29 is 4.79 Å². The average Bonchev–Trinajstić information content (AvgIpc) is 3.35. The van der Waals surface area contributed by atoms with Gasteiger partial charge in [0, 0.05) is 38.2 Å². The second-order valence-corrected chi connectivity index (χ2v) is 8.12. The molecule has 28 heavy (non-hydrogen) atoms. The third kappa shape index (κ3) is 2.96. The molecule has 0 spiro atoms. The van der Waals surface area contributed by atoms with Crippen molar-refractivity contribution in [2.75, 3.05) is 20.1 Å². The summed E-state index contributed by atoms with van der Waals surface area (Å²) in [4.78, 5) is 42.6. The summed E-state index contributed by atoms with van der Waals surface area (Å²) in [5.74, 6) is 1.64. The van der Waals surface area contributed by atoms with Gasteiger partial charge in [-0.25, -0.2) is 9.97 Å². The third-order valence-corrected chi connectivity index (χ3v) is 6.17. The lowest BCUT2D eigenvalue weighted by molar-refractivity contribution is -0.136. The van der Waals surface area contributed by atoms with Crippen LogP contribution in [0, 0.1) is 19.8 Å². The Morgan fingerprint density at radius 2 is 1.93 bits per heavy atom. The van der Waals surface area contributed by atoms with Gasteiger partial charge in [-0.2, -0.15) is 0 Å². The van der Waals surface area contributed by atoms with Gasteiger partial charge in [0.05, 0.1) is 36.0 Å². The third-order valence-electron chi connectivity index (χ3n) is 6.17. The molecule has 1 amide bonds. The largest absolute Gasteiger partial charge is 0.346 e. The molecule has 2 aliphatic heterocycles. The highest BCUT2D eigenvalue weighted by Gasteiger charge is 2.42. The number of rotatable bonds is 3. The monoisotopic (exact) mass is 384 g/mol. The fourth-order valence-electron chi connectivity index (χ4n) is 4.51. The fourth-order valence-corrected chi connectivity index (χ4v) is 4.51. The molecule has 4 rings (SSSR count). The van der Waals surface area contributed by atoms with E-state index in [1.807, 2.05) is 20.9 Å². The van der Waals surface area contributed by atoms with Crippen molar-refractivity contribution in [3.05, 3.63) is 44.6 Å². The molecule has 0 radical (unpaired) electrons. The van der Waals surface area contributed by atoms with Crippen LogP contribution >= 0.6 is 0 Å². The standard InChI is InChI=1S/C20H28N6O2/c1-6-17-21-11(2)18(23-17)13-7-24(4)8-14(13)20(28)26-9-15-16(10-26)22-12(3)25(5)19(15)27/h13-14H,6-10H2,1-5H3,(H,21,23)/t13-,14-/m0/s1. The number of aromatic amines is 1. The van der Waals surface area contributed by atoms with Crippen LogP contribution in [-0.4, -0.2) is 55.4 Å². The molecular weight excluding hydrogens is 356 g/mol. The van der Waals surface area contributed by atoms with Crippen molar-refractivity contribution in [2.45, 2.75) is 46.2 Å². The van der Waals surface area contributed by atoms with Gasteiger partial charge in [0.2, 0.25) is 5.91 Å². The van der Waals surface area contributed by atoms with E-state index in [1.54, 1.807) is 16.5 Å². The summed E-state index contributed by atoms with van der Waals surface area (Å²) in [6, 6.07) is 0. The SMILES string of the molecule is CCc1nc([C@H]2CN(C)C[C@@H]2C(=O)N2Cc3nc(C)n(C)c(=O)c3C2)c(C)[nH]1. The summed E-state index contributed by atoms with van der Waals surface area (Å²) in [6.07, 6.45) is 0.845. The van der Waals surface area contributed by atoms with Crippen LogP contribution in [0.3, 0.4) is 0 Å². The average molecular weight is 384 g/mol. The number of likely N-dealkylation sites (N-methyl/N-ethyl adjacent to an activating group) is 1. The highest BCUT2D eigenvalue weighted by Crippen LogP contribution is 2.35. The molecule has 1 saturated heterocycles. The lowest BCUT2D eigenvalue weighted by Crippen LogP contribution is -2.36. The minimum atomic E-state index is -0.157. The van der Waals surface area contributed by atoms with E-state index >= 15 is 0 Å². The van der Waals surface area contributed by atoms with E-state index in [2.05, 4.69) is 21.8 Å². The van der Waals surface area contributed by atoms with Crippen molar-refractivity contribution in [1.29, 1.82) is 0 Å². The summed E-state index contributed by atoms with van der Waals surface area (Å²) >= 11 is 0. The normalized spacial score (nSPS) is 22.1. The molecule has 1 N–H and O–H groups in total. The molecule has 2 aliphatic rings. The van der Waals surface area contributed by atoms with Crippen LogP contribution in [0.1, 0.15) is 47.1 Å². The van der Waals surface area contributed by atoms with E-state index < -0.39 is 0 Å². The minimum absolute atomic E-state index is 0.0476. The Morgan fingerprint density at radius 1 is 1.18 bits per heavy atom. The van der Waals surface area contributed by atoms with Gasteiger partial charge in [-0.15, -0.1) is 0 Å². The fraction of sp³-hybridized carbons (Fsp3) is 0.600. The Balaban J connectivity index is 1.61. The number of fused-ring (bicyclic) bond motifs is 1. The first-order valence-electron chi connectivity index (χ1n) is 9.88. The number of H-pyrrole nitrogens is 1. The zero-order valence-corrected chi connectivity index (χ0v) is 17.2. The predicted octanol–water partition coefficient (Wildman–Crippen LogP) is 0.870. The number of hydrogen-bond donors (Lipinski definition) is 1. The van der Waals surface area contributed by atoms with Gasteiger partial charge in [0.1, 0.15) is 11.6 Å². The number of hydrogen-bond acceptors (Lipinski definition) is 5. The number of nitrogens with zero attached hydrogens (tertiary/aromatic N) is 5. The van der Waals surface area contributed by atoms with Crippen molar-refractivity contribution in [3.63, 3.8) is 0 Å². The molecule has 1 fully saturated rings. The van der Waals surface area contributed by atoms with Crippen LogP contribution in [0.15, 0.2) is 4.79 Å². The van der Waals surface area contributed by atoms with E-state index in [1.165, 1.54) is 0 Å². The number of aromatic nitrogens is 4. The number of aryl methyl sites for hydroxylation is 3. The Kier molecular flexibility index (Phi) is 4.61. The zero-order valence-electron chi connectivity index (χ0n) is 17.2. The van der Waals surface area contributed by atoms with Gasteiger partial charge >= 0.3 is 0 Å². The van der Waals surface area contributed by atoms with Crippen molar-refractivity contribution in [1.82, 2.24) is 29.3 Å². The Labute approximate surface area is 164 Å². The molecule has 2 aromatic heterocycles. The number of likely N-dealkylation sites (tertiary alicyclic amines) is 1. The molecule has 2 atom stereocenters. The lowest BCUT2D eigenvalue weighted by Gasteiger charge is -2.23. The summed E-state index contributed by atoms with van der Waals surface area (Å²) in [5.41, 5.74) is 3.38. The molecule has 8 heteroatoms. The second kappa shape index (κ2) is 6.84. The van der Waals surface area contributed by atoms with E-state index in [0.717, 1.165) is 35.9 Å². The van der Waals surface area contributed by atoms with E-state index in [-0.39, 0.29) is 23.3 Å². The molecular formula is C20H28N6O2. The van der Waals surface area contributed by atoms with Crippen LogP contribution in [-0.2, 0) is 31.4 Å². The molecule has 8 nitrogen and oxygen atoms in total. The molecule has 2 aromatic rings. The van der Waals surface area contributed by atoms with E-state index in [0.29, 0.717) is 31.0 Å². The summed E-state index contributed by atoms with van der Waals surface area (Å²) < 4.78 is 1.55. The Morgan fingerprint density at radius 3 is 2.61 bits per heavy atom.